The molecule has 0 aliphatic carbocycles. The fourth-order valence-electron chi connectivity index (χ4n) is 3.73. The Labute approximate surface area is 166 Å². The van der Waals surface area contributed by atoms with Crippen molar-refractivity contribution in [3.8, 4) is 0 Å². The number of benzene rings is 1. The number of fused-ring (bicyclic) bond motifs is 2. The molecule has 9 heteroatoms. The molecule has 0 aromatic heterocycles. The summed E-state index contributed by atoms with van der Waals surface area (Å²) in [7, 11) is -1.83. The minimum atomic E-state index is -3.65. The SMILES string of the molecule is CN(C(=O)CCNS(=O)(=O)c1cccc(Cl)c1)C1CC2CCC(C1)N2.Cl. The molecule has 2 atom stereocenters. The molecule has 6 nitrogen and oxygen atoms in total. The molecule has 0 saturated carbocycles. The van der Waals surface area contributed by atoms with E-state index in [1.165, 1.54) is 25.0 Å². The van der Waals surface area contributed by atoms with Gasteiger partial charge < -0.3 is 10.2 Å². The summed E-state index contributed by atoms with van der Waals surface area (Å²) in [5, 5.41) is 3.92. The van der Waals surface area contributed by atoms with Gasteiger partial charge in [0, 0.05) is 43.2 Å². The smallest absolute Gasteiger partial charge is 0.240 e. The quantitative estimate of drug-likeness (QED) is 0.737. The third-order valence-electron chi connectivity index (χ3n) is 5.13. The van der Waals surface area contributed by atoms with Crippen molar-refractivity contribution < 1.29 is 13.2 Å². The Balaban J connectivity index is 0.00000243. The summed E-state index contributed by atoms with van der Waals surface area (Å²) in [6.45, 7) is 0.0792. The summed E-state index contributed by atoms with van der Waals surface area (Å²) in [5.41, 5.74) is 0. The van der Waals surface area contributed by atoms with Gasteiger partial charge in [-0.2, -0.15) is 0 Å². The minimum absolute atomic E-state index is 0. The molecule has 2 heterocycles. The largest absolute Gasteiger partial charge is 0.343 e. The zero-order chi connectivity index (χ0) is 18.0. The van der Waals surface area contributed by atoms with Crippen LogP contribution in [0.4, 0.5) is 0 Å². The molecule has 2 unspecified atom stereocenters. The highest BCUT2D eigenvalue weighted by Crippen LogP contribution is 2.29. The Morgan fingerprint density at radius 3 is 2.58 bits per heavy atom. The molecule has 0 spiro atoms. The van der Waals surface area contributed by atoms with Crippen LogP contribution in [-0.4, -0.2) is 50.9 Å². The molecule has 2 aliphatic rings. The highest BCUT2D eigenvalue weighted by atomic mass is 35.5. The van der Waals surface area contributed by atoms with Crippen LogP contribution >= 0.6 is 24.0 Å². The number of nitrogens with one attached hydrogen (secondary N) is 2. The van der Waals surface area contributed by atoms with Crippen LogP contribution in [0.3, 0.4) is 0 Å². The van der Waals surface area contributed by atoms with E-state index < -0.39 is 10.0 Å². The van der Waals surface area contributed by atoms with Crippen LogP contribution < -0.4 is 10.0 Å². The minimum Gasteiger partial charge on any atom is -0.343 e. The van der Waals surface area contributed by atoms with Crippen molar-refractivity contribution in [3.05, 3.63) is 29.3 Å². The van der Waals surface area contributed by atoms with Crippen LogP contribution in [0.5, 0.6) is 0 Å². The highest BCUT2D eigenvalue weighted by molar-refractivity contribution is 7.89. The molecule has 2 aliphatic heterocycles. The van der Waals surface area contributed by atoms with Crippen molar-refractivity contribution in [1.29, 1.82) is 0 Å². The molecule has 3 rings (SSSR count). The summed E-state index contributed by atoms with van der Waals surface area (Å²) >= 11 is 5.83. The van der Waals surface area contributed by atoms with Crippen molar-refractivity contribution in [3.63, 3.8) is 0 Å². The normalized spacial score (nSPS) is 24.8. The monoisotopic (exact) mass is 421 g/mol. The fraction of sp³-hybridized carbons (Fsp3) is 0.588. The first kappa shape index (κ1) is 21.4. The van der Waals surface area contributed by atoms with E-state index in [9.17, 15) is 13.2 Å². The molecule has 1 aromatic rings. The maximum atomic E-state index is 12.4. The third-order valence-corrected chi connectivity index (χ3v) is 6.82. The number of sulfonamides is 1. The topological polar surface area (TPSA) is 78.5 Å². The number of carbonyl (C=O) groups excluding carboxylic acids is 1. The van der Waals surface area contributed by atoms with Gasteiger partial charge >= 0.3 is 0 Å². The van der Waals surface area contributed by atoms with Gasteiger partial charge in [-0.3, -0.25) is 4.79 Å². The second kappa shape index (κ2) is 8.89. The van der Waals surface area contributed by atoms with Crippen LogP contribution in [0.1, 0.15) is 32.1 Å². The van der Waals surface area contributed by atoms with Crippen LogP contribution in [0.25, 0.3) is 0 Å². The van der Waals surface area contributed by atoms with Gasteiger partial charge in [0.2, 0.25) is 15.9 Å². The number of hydrogen-bond acceptors (Lipinski definition) is 4. The Morgan fingerprint density at radius 1 is 1.31 bits per heavy atom. The van der Waals surface area contributed by atoms with Gasteiger partial charge in [0.25, 0.3) is 0 Å². The molecule has 2 N–H and O–H groups in total. The molecule has 2 saturated heterocycles. The van der Waals surface area contributed by atoms with Crippen LogP contribution in [-0.2, 0) is 14.8 Å². The van der Waals surface area contributed by atoms with Crippen molar-refractivity contribution >= 4 is 39.9 Å². The third kappa shape index (κ3) is 5.10. The summed E-state index contributed by atoms with van der Waals surface area (Å²) in [5.74, 6) is -0.0277. The van der Waals surface area contributed by atoms with Gasteiger partial charge in [-0.15, -0.1) is 12.4 Å². The van der Waals surface area contributed by atoms with Crippen LogP contribution in [0.15, 0.2) is 29.2 Å². The molecule has 1 aromatic carbocycles. The first-order chi connectivity index (χ1) is 11.8. The molecule has 0 radical (unpaired) electrons. The molecule has 2 bridgehead atoms. The number of carbonyl (C=O) groups is 1. The van der Waals surface area contributed by atoms with Crippen LogP contribution in [0, 0.1) is 0 Å². The van der Waals surface area contributed by atoms with E-state index in [0.717, 1.165) is 12.8 Å². The van der Waals surface area contributed by atoms with Gasteiger partial charge in [-0.1, -0.05) is 17.7 Å². The van der Waals surface area contributed by atoms with Gasteiger partial charge in [-0.05, 0) is 43.9 Å². The Bertz CT molecular complexity index is 733. The van der Waals surface area contributed by atoms with E-state index in [2.05, 4.69) is 10.0 Å². The molecular formula is C17H25Cl2N3O3S. The summed E-state index contributed by atoms with van der Waals surface area (Å²) < 4.78 is 26.9. The van der Waals surface area contributed by atoms with Gasteiger partial charge in [-0.25, -0.2) is 13.1 Å². The lowest BCUT2D eigenvalue weighted by molar-refractivity contribution is -0.132. The second-order valence-corrected chi connectivity index (χ2v) is 9.08. The average molecular weight is 422 g/mol. The first-order valence-electron chi connectivity index (χ1n) is 8.62. The van der Waals surface area contributed by atoms with Crippen molar-refractivity contribution in [2.24, 2.45) is 0 Å². The standard InChI is InChI=1S/C17H24ClN3O3S.ClH/c1-21(15-10-13-5-6-14(11-15)20-13)17(22)7-8-19-25(23,24)16-4-2-3-12(18)9-16;/h2-4,9,13-15,19-20H,5-8,10-11H2,1H3;1H. The second-order valence-electron chi connectivity index (χ2n) is 6.87. The maximum absolute atomic E-state index is 12.4. The number of nitrogens with zero attached hydrogens (tertiary/aromatic N) is 1. The van der Waals surface area contributed by atoms with Crippen molar-refractivity contribution in [2.75, 3.05) is 13.6 Å². The highest BCUT2D eigenvalue weighted by Gasteiger charge is 2.36. The van der Waals surface area contributed by atoms with Crippen molar-refractivity contribution in [1.82, 2.24) is 14.9 Å². The molecule has 1 amide bonds. The van der Waals surface area contributed by atoms with Crippen molar-refractivity contribution in [2.45, 2.75) is 55.1 Å². The van der Waals surface area contributed by atoms with Crippen LogP contribution in [0.2, 0.25) is 5.02 Å². The number of halogens is 2. The predicted octanol–water partition coefficient (Wildman–Crippen LogP) is 2.17. The van der Waals surface area contributed by atoms with Gasteiger partial charge in [0.05, 0.1) is 4.90 Å². The lowest BCUT2D eigenvalue weighted by atomic mass is 9.98. The number of amides is 1. The van der Waals surface area contributed by atoms with E-state index in [4.69, 9.17) is 11.6 Å². The lowest BCUT2D eigenvalue weighted by Gasteiger charge is -2.35. The van der Waals surface area contributed by atoms with E-state index in [-0.39, 0.29) is 42.2 Å². The number of rotatable bonds is 6. The molecule has 146 valence electrons. The first-order valence-corrected chi connectivity index (χ1v) is 10.5. The van der Waals surface area contributed by atoms with Gasteiger partial charge in [0.15, 0.2) is 0 Å². The predicted molar refractivity (Wildman–Crippen MR) is 104 cm³/mol. The van der Waals surface area contributed by atoms with E-state index in [1.54, 1.807) is 17.0 Å². The maximum Gasteiger partial charge on any atom is 0.240 e. The molecular weight excluding hydrogens is 397 g/mol. The molecule has 2 fully saturated rings. The zero-order valence-electron chi connectivity index (χ0n) is 14.7. The summed E-state index contributed by atoms with van der Waals surface area (Å²) in [4.78, 5) is 14.3. The van der Waals surface area contributed by atoms with E-state index in [0.29, 0.717) is 17.1 Å². The Hall–Kier alpha value is -0.860. The lowest BCUT2D eigenvalue weighted by Crippen LogP contribution is -2.49. The number of piperidine rings is 1. The van der Waals surface area contributed by atoms with E-state index in [1.807, 2.05) is 7.05 Å². The number of hydrogen-bond donors (Lipinski definition) is 2. The Kier molecular flexibility index (Phi) is 7.33. The summed E-state index contributed by atoms with van der Waals surface area (Å²) in [6, 6.07) is 7.35. The zero-order valence-corrected chi connectivity index (χ0v) is 17.0. The Morgan fingerprint density at radius 2 is 1.96 bits per heavy atom. The van der Waals surface area contributed by atoms with E-state index >= 15 is 0 Å². The van der Waals surface area contributed by atoms with Gasteiger partial charge in [0.1, 0.15) is 0 Å². The molecule has 26 heavy (non-hydrogen) atoms. The average Bonchev–Trinajstić information content (AvgIpc) is 2.92. The summed E-state index contributed by atoms with van der Waals surface area (Å²) in [6.07, 6.45) is 4.47. The fourth-order valence-corrected chi connectivity index (χ4v) is 5.07.